The van der Waals surface area contributed by atoms with Crippen LogP contribution < -0.4 is 10.4 Å². The van der Waals surface area contributed by atoms with Gasteiger partial charge >= 0.3 is 0 Å². The minimum atomic E-state index is -0.173. The van der Waals surface area contributed by atoms with E-state index in [1.165, 1.54) is 85.9 Å². The Labute approximate surface area is 334 Å². The van der Waals surface area contributed by atoms with Crippen molar-refractivity contribution in [3.8, 4) is 11.1 Å². The molecule has 6 aromatic carbocycles. The fraction of sp³-hybridized carbons (Fsp3) is 0.0909. The molecule has 270 valence electrons. The maximum atomic E-state index is 4.72. The quantitative estimate of drug-likeness (QED) is 0.143. The summed E-state index contributed by atoms with van der Waals surface area (Å²) in [6.45, 7) is 17.3. The predicted octanol–water partition coefficient (Wildman–Crippen LogP) is 14.1. The molecule has 2 aliphatic rings. The first-order valence-corrected chi connectivity index (χ1v) is 20.3. The Kier molecular flexibility index (Phi) is 9.12. The molecule has 0 saturated carbocycles. The zero-order chi connectivity index (χ0) is 38.4. The summed E-state index contributed by atoms with van der Waals surface area (Å²) in [7, 11) is 0. The van der Waals surface area contributed by atoms with Crippen LogP contribution in [0.15, 0.2) is 159 Å². The molecule has 0 fully saturated rings. The van der Waals surface area contributed by atoms with E-state index in [0.717, 1.165) is 29.5 Å². The van der Waals surface area contributed by atoms with Crippen molar-refractivity contribution in [1.82, 2.24) is 0 Å². The Bertz CT molecular complexity index is 3040. The van der Waals surface area contributed by atoms with E-state index in [1.807, 2.05) is 29.6 Å². The first kappa shape index (κ1) is 35.4. The number of rotatable bonds is 7. The van der Waals surface area contributed by atoms with Crippen molar-refractivity contribution in [2.24, 2.45) is 0 Å². The van der Waals surface area contributed by atoms with E-state index in [0.29, 0.717) is 0 Å². The van der Waals surface area contributed by atoms with Gasteiger partial charge in [0.2, 0.25) is 0 Å². The summed E-state index contributed by atoms with van der Waals surface area (Å²) in [5, 5.41) is 8.90. The van der Waals surface area contributed by atoms with Gasteiger partial charge in [0.1, 0.15) is 0 Å². The monoisotopic (exact) mass is 736 g/mol. The van der Waals surface area contributed by atoms with Crippen molar-refractivity contribution in [2.45, 2.75) is 32.1 Å². The predicted molar refractivity (Wildman–Crippen MR) is 249 cm³/mol. The SMILES string of the molecule is C=C/C=C\c1cc2c(ccc3cc4c(cc32)C(C)(C)/C=C/C=C(c2cccc(-c3c5c(c(C(=C)c6ccccc6C=C)c6ccccc36)=CCCC=5)c2)\C=C\4)s1. The van der Waals surface area contributed by atoms with Gasteiger partial charge in [-0.15, -0.1) is 11.3 Å². The molecule has 1 aromatic heterocycles. The minimum absolute atomic E-state index is 0.173. The van der Waals surface area contributed by atoms with Gasteiger partial charge in [0, 0.05) is 20.4 Å². The van der Waals surface area contributed by atoms with Crippen molar-refractivity contribution < 1.29 is 0 Å². The number of fused-ring (bicyclic) bond motifs is 6. The van der Waals surface area contributed by atoms with Crippen LogP contribution in [-0.2, 0) is 5.41 Å². The fourth-order valence-corrected chi connectivity index (χ4v) is 9.71. The number of hydrogen-bond acceptors (Lipinski definition) is 1. The Morgan fingerprint density at radius 3 is 2.36 bits per heavy atom. The van der Waals surface area contributed by atoms with Crippen molar-refractivity contribution >= 4 is 84.5 Å². The van der Waals surface area contributed by atoms with Gasteiger partial charge in [0.05, 0.1) is 0 Å². The van der Waals surface area contributed by atoms with E-state index >= 15 is 0 Å². The summed E-state index contributed by atoms with van der Waals surface area (Å²) in [6, 6.07) is 38.1. The second kappa shape index (κ2) is 14.4. The Hall–Kier alpha value is -6.28. The Morgan fingerprint density at radius 1 is 0.732 bits per heavy atom. The first-order chi connectivity index (χ1) is 27.3. The molecule has 0 unspecified atom stereocenters. The van der Waals surface area contributed by atoms with Gasteiger partial charge in [0.25, 0.3) is 0 Å². The molecule has 1 heterocycles. The van der Waals surface area contributed by atoms with Crippen LogP contribution in [0.25, 0.3) is 84.3 Å². The molecule has 0 spiro atoms. The first-order valence-electron chi connectivity index (χ1n) is 19.5. The van der Waals surface area contributed by atoms with Gasteiger partial charge in [-0.25, -0.2) is 0 Å². The van der Waals surface area contributed by atoms with Gasteiger partial charge in [-0.1, -0.05) is 167 Å². The summed E-state index contributed by atoms with van der Waals surface area (Å²) in [4.78, 5) is 1.24. The topological polar surface area (TPSA) is 0 Å². The van der Waals surface area contributed by atoms with Crippen LogP contribution in [0.5, 0.6) is 0 Å². The lowest BCUT2D eigenvalue weighted by molar-refractivity contribution is 0.670. The zero-order valence-corrected chi connectivity index (χ0v) is 32.9. The maximum absolute atomic E-state index is 4.72. The molecule has 0 bridgehead atoms. The molecule has 1 heteroatoms. The number of hydrogen-bond donors (Lipinski definition) is 0. The third-order valence-corrected chi connectivity index (χ3v) is 12.5. The van der Waals surface area contributed by atoms with Crippen LogP contribution in [-0.4, -0.2) is 0 Å². The summed E-state index contributed by atoms with van der Waals surface area (Å²) in [6.07, 6.45) is 26.3. The highest BCUT2D eigenvalue weighted by atomic mass is 32.1. The van der Waals surface area contributed by atoms with Crippen LogP contribution in [0.1, 0.15) is 64.9 Å². The molecular weight excluding hydrogens is 693 g/mol. The standard InChI is InChI=1S/C55H44S/c1-6-8-21-43-34-50-49-35-51-41(33-40(49)29-30-52(50)56-43)28-27-38(20-16-31-55(51,4)5)39-18-15-19-42(32-39)54-47-25-13-11-23-45(47)53(46-24-12-14-26-48(46)54)36(3)44-22-10-9-17-37(44)7-2/h6-11,13,15-35H,1-3,12,14H2,4-5H3/b21-8-,28-27+,31-16+,38-20+. The molecule has 7 aromatic rings. The lowest BCUT2D eigenvalue weighted by atomic mass is 9.80. The van der Waals surface area contributed by atoms with E-state index in [-0.39, 0.29) is 5.41 Å². The average Bonchev–Trinajstić information content (AvgIpc) is 3.67. The third-order valence-electron chi connectivity index (χ3n) is 11.5. The molecule has 0 N–H and O–H groups in total. The highest BCUT2D eigenvalue weighted by Crippen LogP contribution is 2.40. The van der Waals surface area contributed by atoms with Gasteiger partial charge < -0.3 is 0 Å². The lowest BCUT2D eigenvalue weighted by Crippen LogP contribution is -2.33. The van der Waals surface area contributed by atoms with Gasteiger partial charge in [0.15, 0.2) is 0 Å². The number of allylic oxidation sites excluding steroid dienone is 7. The molecule has 0 aliphatic heterocycles. The number of thiophene rings is 1. The highest BCUT2D eigenvalue weighted by molar-refractivity contribution is 7.20. The van der Waals surface area contributed by atoms with E-state index in [2.05, 4.69) is 179 Å². The van der Waals surface area contributed by atoms with Crippen molar-refractivity contribution in [1.29, 1.82) is 0 Å². The summed E-state index contributed by atoms with van der Waals surface area (Å²) < 4.78 is 1.30. The summed E-state index contributed by atoms with van der Waals surface area (Å²) in [5.41, 5.74) is 11.7. The largest absolute Gasteiger partial charge is 0.136 e. The van der Waals surface area contributed by atoms with Crippen LogP contribution in [0.2, 0.25) is 0 Å². The zero-order valence-electron chi connectivity index (χ0n) is 32.1. The lowest BCUT2D eigenvalue weighted by Gasteiger charge is -2.24. The summed E-state index contributed by atoms with van der Waals surface area (Å²) >= 11 is 1.83. The van der Waals surface area contributed by atoms with E-state index in [4.69, 9.17) is 6.58 Å². The fourth-order valence-electron chi connectivity index (χ4n) is 8.71. The molecule has 0 saturated heterocycles. The van der Waals surface area contributed by atoms with Crippen LogP contribution in [0, 0.1) is 0 Å². The van der Waals surface area contributed by atoms with E-state index in [9.17, 15) is 0 Å². The highest BCUT2D eigenvalue weighted by Gasteiger charge is 2.23. The molecule has 0 radical (unpaired) electrons. The molecular formula is C55H44S. The van der Waals surface area contributed by atoms with Gasteiger partial charge in [-0.3, -0.25) is 0 Å². The second-order valence-electron chi connectivity index (χ2n) is 15.4. The molecule has 56 heavy (non-hydrogen) atoms. The Balaban J connectivity index is 1.17. The maximum Gasteiger partial charge on any atom is 0.0355 e. The minimum Gasteiger partial charge on any atom is -0.136 e. The molecule has 0 atom stereocenters. The van der Waals surface area contributed by atoms with Gasteiger partial charge in [-0.05, 0) is 137 Å². The van der Waals surface area contributed by atoms with Crippen molar-refractivity contribution in [3.63, 3.8) is 0 Å². The average molecular weight is 737 g/mol. The third kappa shape index (κ3) is 6.19. The second-order valence-corrected chi connectivity index (χ2v) is 16.5. The molecule has 9 rings (SSSR count). The van der Waals surface area contributed by atoms with Crippen LogP contribution in [0.3, 0.4) is 0 Å². The van der Waals surface area contributed by atoms with Crippen LogP contribution in [0.4, 0.5) is 0 Å². The normalized spacial score (nSPS) is 16.7. The summed E-state index contributed by atoms with van der Waals surface area (Å²) in [5.74, 6) is 0. The number of benzene rings is 6. The molecule has 2 aliphatic carbocycles. The van der Waals surface area contributed by atoms with Crippen molar-refractivity contribution in [2.75, 3.05) is 0 Å². The molecule has 0 amide bonds. The Morgan fingerprint density at radius 2 is 1.52 bits per heavy atom. The van der Waals surface area contributed by atoms with E-state index < -0.39 is 0 Å². The van der Waals surface area contributed by atoms with Gasteiger partial charge in [-0.2, -0.15) is 0 Å². The van der Waals surface area contributed by atoms with Crippen LogP contribution >= 0.6 is 11.3 Å². The smallest absolute Gasteiger partial charge is 0.0355 e. The molecule has 0 nitrogen and oxygen atoms in total. The van der Waals surface area contributed by atoms with Crippen molar-refractivity contribution in [3.05, 3.63) is 208 Å². The van der Waals surface area contributed by atoms with E-state index in [1.54, 1.807) is 0 Å².